The van der Waals surface area contributed by atoms with Crippen LogP contribution in [0.2, 0.25) is 0 Å². The molecular formula is C16H21N3. The summed E-state index contributed by atoms with van der Waals surface area (Å²) in [6.45, 7) is 6.31. The second-order valence-corrected chi connectivity index (χ2v) is 5.24. The topological polar surface area (TPSA) is 51.8 Å². The number of rotatable bonds is 4. The molecule has 0 saturated heterocycles. The third kappa shape index (κ3) is 3.53. The average molecular weight is 255 g/mol. The van der Waals surface area contributed by atoms with Gasteiger partial charge in [0, 0.05) is 24.0 Å². The Morgan fingerprint density at radius 1 is 1.16 bits per heavy atom. The number of nitrogens with zero attached hydrogens (tertiary/aromatic N) is 2. The van der Waals surface area contributed by atoms with Gasteiger partial charge >= 0.3 is 0 Å². The minimum Gasteiger partial charge on any atom is -0.399 e. The van der Waals surface area contributed by atoms with E-state index < -0.39 is 0 Å². The standard InChI is InChI=1S/C16H21N3/c1-11(2)15-8-9-18-16(19-15)7-6-13-5-4-12(3)14(17)10-13/h4-5,8-11H,6-7,17H2,1-3H3. The highest BCUT2D eigenvalue weighted by molar-refractivity contribution is 5.48. The smallest absolute Gasteiger partial charge is 0.128 e. The second-order valence-electron chi connectivity index (χ2n) is 5.24. The van der Waals surface area contributed by atoms with Crippen molar-refractivity contribution in [1.82, 2.24) is 9.97 Å². The fraction of sp³-hybridized carbons (Fsp3) is 0.375. The van der Waals surface area contributed by atoms with Crippen molar-refractivity contribution < 1.29 is 0 Å². The molecular weight excluding hydrogens is 234 g/mol. The third-order valence-electron chi connectivity index (χ3n) is 3.30. The lowest BCUT2D eigenvalue weighted by Crippen LogP contribution is -2.02. The Balaban J connectivity index is 2.05. The number of aromatic nitrogens is 2. The molecule has 2 N–H and O–H groups in total. The Hall–Kier alpha value is -1.90. The number of nitrogen functional groups attached to an aromatic ring is 1. The fourth-order valence-corrected chi connectivity index (χ4v) is 1.96. The molecule has 0 aliphatic rings. The molecule has 2 rings (SSSR count). The molecule has 0 fully saturated rings. The largest absolute Gasteiger partial charge is 0.399 e. The molecule has 2 aromatic rings. The fourth-order valence-electron chi connectivity index (χ4n) is 1.96. The van der Waals surface area contributed by atoms with Crippen molar-refractivity contribution in [2.24, 2.45) is 0 Å². The van der Waals surface area contributed by atoms with Gasteiger partial charge in [0.1, 0.15) is 5.82 Å². The predicted octanol–water partition coefficient (Wildman–Crippen LogP) is 3.28. The zero-order chi connectivity index (χ0) is 13.8. The van der Waals surface area contributed by atoms with Crippen molar-refractivity contribution in [2.45, 2.75) is 39.5 Å². The SMILES string of the molecule is Cc1ccc(CCc2nccc(C(C)C)n2)cc1N. The highest BCUT2D eigenvalue weighted by atomic mass is 14.9. The van der Waals surface area contributed by atoms with Gasteiger partial charge in [-0.3, -0.25) is 0 Å². The van der Waals surface area contributed by atoms with Crippen molar-refractivity contribution in [3.05, 3.63) is 53.1 Å². The first kappa shape index (κ1) is 13.5. The first-order valence-corrected chi connectivity index (χ1v) is 6.73. The molecule has 19 heavy (non-hydrogen) atoms. The van der Waals surface area contributed by atoms with Crippen molar-refractivity contribution in [1.29, 1.82) is 0 Å². The minimum atomic E-state index is 0.441. The summed E-state index contributed by atoms with van der Waals surface area (Å²) in [6, 6.07) is 8.22. The molecule has 0 bridgehead atoms. The van der Waals surface area contributed by atoms with Crippen molar-refractivity contribution in [3.63, 3.8) is 0 Å². The van der Waals surface area contributed by atoms with Gasteiger partial charge in [0.15, 0.2) is 0 Å². The van der Waals surface area contributed by atoms with Crippen LogP contribution in [0.15, 0.2) is 30.5 Å². The Labute approximate surface area is 114 Å². The number of hydrogen-bond acceptors (Lipinski definition) is 3. The van der Waals surface area contributed by atoms with Gasteiger partial charge in [-0.1, -0.05) is 26.0 Å². The van der Waals surface area contributed by atoms with Gasteiger partial charge in [0.2, 0.25) is 0 Å². The van der Waals surface area contributed by atoms with E-state index in [-0.39, 0.29) is 0 Å². The maximum atomic E-state index is 5.92. The molecule has 1 aromatic heterocycles. The third-order valence-corrected chi connectivity index (χ3v) is 3.30. The number of benzene rings is 1. The second kappa shape index (κ2) is 5.83. The van der Waals surface area contributed by atoms with Crippen LogP contribution in [0.3, 0.4) is 0 Å². The van der Waals surface area contributed by atoms with E-state index in [0.717, 1.165) is 35.6 Å². The van der Waals surface area contributed by atoms with Crippen LogP contribution in [0.1, 0.15) is 42.4 Å². The van der Waals surface area contributed by atoms with Gasteiger partial charge in [0.05, 0.1) is 0 Å². The summed E-state index contributed by atoms with van der Waals surface area (Å²) in [5.41, 5.74) is 10.2. The van der Waals surface area contributed by atoms with Crippen molar-refractivity contribution >= 4 is 5.69 Å². The van der Waals surface area contributed by atoms with Gasteiger partial charge in [-0.2, -0.15) is 0 Å². The minimum absolute atomic E-state index is 0.441. The van der Waals surface area contributed by atoms with E-state index in [4.69, 9.17) is 5.73 Å². The molecule has 0 aliphatic carbocycles. The van der Waals surface area contributed by atoms with Crippen molar-refractivity contribution in [2.75, 3.05) is 5.73 Å². The number of hydrogen-bond donors (Lipinski definition) is 1. The van der Waals surface area contributed by atoms with E-state index in [1.807, 2.05) is 25.3 Å². The molecule has 0 spiro atoms. The van der Waals surface area contributed by atoms with Gasteiger partial charge in [-0.15, -0.1) is 0 Å². The van der Waals surface area contributed by atoms with E-state index in [1.54, 1.807) is 0 Å². The van der Waals surface area contributed by atoms with E-state index in [9.17, 15) is 0 Å². The molecule has 100 valence electrons. The Kier molecular flexibility index (Phi) is 4.15. The molecule has 3 heteroatoms. The van der Waals surface area contributed by atoms with Crippen LogP contribution in [0.4, 0.5) is 5.69 Å². The lowest BCUT2D eigenvalue weighted by molar-refractivity contribution is 0.770. The first-order valence-electron chi connectivity index (χ1n) is 6.73. The summed E-state index contributed by atoms with van der Waals surface area (Å²) in [6.07, 6.45) is 3.62. The molecule has 0 amide bonds. The molecule has 0 radical (unpaired) electrons. The molecule has 0 unspecified atom stereocenters. The summed E-state index contributed by atoms with van der Waals surface area (Å²) >= 11 is 0. The summed E-state index contributed by atoms with van der Waals surface area (Å²) < 4.78 is 0. The highest BCUT2D eigenvalue weighted by Crippen LogP contribution is 2.15. The number of aryl methyl sites for hydroxylation is 3. The van der Waals surface area contributed by atoms with E-state index in [1.165, 1.54) is 5.56 Å². The van der Waals surface area contributed by atoms with Crippen molar-refractivity contribution in [3.8, 4) is 0 Å². The van der Waals surface area contributed by atoms with E-state index in [2.05, 4.69) is 35.9 Å². The van der Waals surface area contributed by atoms with Gasteiger partial charge < -0.3 is 5.73 Å². The lowest BCUT2D eigenvalue weighted by Gasteiger charge is -2.07. The number of anilines is 1. The van der Waals surface area contributed by atoms with E-state index in [0.29, 0.717) is 5.92 Å². The normalized spacial score (nSPS) is 10.9. The van der Waals surface area contributed by atoms with Crippen LogP contribution >= 0.6 is 0 Å². The summed E-state index contributed by atoms with van der Waals surface area (Å²) in [5, 5.41) is 0. The van der Waals surface area contributed by atoms with Gasteiger partial charge in [0.25, 0.3) is 0 Å². The van der Waals surface area contributed by atoms with Crippen LogP contribution in [-0.2, 0) is 12.8 Å². The average Bonchev–Trinajstić information content (AvgIpc) is 2.40. The quantitative estimate of drug-likeness (QED) is 0.853. The monoisotopic (exact) mass is 255 g/mol. The van der Waals surface area contributed by atoms with Gasteiger partial charge in [-0.25, -0.2) is 9.97 Å². The van der Waals surface area contributed by atoms with Crippen LogP contribution < -0.4 is 5.73 Å². The van der Waals surface area contributed by atoms with E-state index >= 15 is 0 Å². The molecule has 0 saturated carbocycles. The van der Waals surface area contributed by atoms with Crippen LogP contribution in [0, 0.1) is 6.92 Å². The molecule has 0 atom stereocenters. The Bertz CT molecular complexity index is 562. The highest BCUT2D eigenvalue weighted by Gasteiger charge is 2.04. The predicted molar refractivity (Wildman–Crippen MR) is 79.1 cm³/mol. The zero-order valence-electron chi connectivity index (χ0n) is 11.9. The Morgan fingerprint density at radius 2 is 1.95 bits per heavy atom. The maximum Gasteiger partial charge on any atom is 0.128 e. The zero-order valence-corrected chi connectivity index (χ0v) is 11.9. The molecule has 1 heterocycles. The summed E-state index contributed by atoms with van der Waals surface area (Å²) in [5.74, 6) is 1.35. The maximum absolute atomic E-state index is 5.92. The number of nitrogens with two attached hydrogens (primary N) is 1. The molecule has 3 nitrogen and oxygen atoms in total. The van der Waals surface area contributed by atoms with Crippen LogP contribution in [-0.4, -0.2) is 9.97 Å². The molecule has 1 aromatic carbocycles. The first-order chi connectivity index (χ1) is 9.06. The summed E-state index contributed by atoms with van der Waals surface area (Å²) in [7, 11) is 0. The Morgan fingerprint density at radius 3 is 2.63 bits per heavy atom. The van der Waals surface area contributed by atoms with Gasteiger partial charge in [-0.05, 0) is 42.5 Å². The van der Waals surface area contributed by atoms with Crippen LogP contribution in [0.5, 0.6) is 0 Å². The summed E-state index contributed by atoms with van der Waals surface area (Å²) in [4.78, 5) is 8.92. The van der Waals surface area contributed by atoms with Crippen LogP contribution in [0.25, 0.3) is 0 Å². The lowest BCUT2D eigenvalue weighted by atomic mass is 10.1. The molecule has 0 aliphatic heterocycles.